The van der Waals surface area contributed by atoms with Gasteiger partial charge in [-0.15, -0.1) is 0 Å². The molecule has 2 aromatic carbocycles. The van der Waals surface area contributed by atoms with Crippen molar-refractivity contribution in [2.45, 2.75) is 36.6 Å². The van der Waals surface area contributed by atoms with Crippen LogP contribution in [0.3, 0.4) is 0 Å². The summed E-state index contributed by atoms with van der Waals surface area (Å²) in [7, 11) is -0.287. The Bertz CT molecular complexity index is 983. The van der Waals surface area contributed by atoms with E-state index < -0.39 is 21.7 Å². The predicted molar refractivity (Wildman–Crippen MR) is 107 cm³/mol. The quantitative estimate of drug-likeness (QED) is 0.801. The number of hydrogen-bond acceptors (Lipinski definition) is 3. The third-order valence-electron chi connectivity index (χ3n) is 5.25. The first-order valence-electron chi connectivity index (χ1n) is 9.46. The van der Waals surface area contributed by atoms with Crippen LogP contribution in [-0.4, -0.2) is 39.4 Å². The molecule has 0 atom stereocenters. The minimum Gasteiger partial charge on any atom is -0.349 e. The zero-order valence-electron chi connectivity index (χ0n) is 16.4. The van der Waals surface area contributed by atoms with E-state index in [1.54, 1.807) is 19.0 Å². The van der Waals surface area contributed by atoms with Crippen LogP contribution in [0.1, 0.15) is 25.7 Å². The van der Waals surface area contributed by atoms with Crippen LogP contribution in [0.5, 0.6) is 0 Å². The molecule has 2 aromatic rings. The van der Waals surface area contributed by atoms with Crippen LogP contribution >= 0.6 is 0 Å². The molecule has 0 spiro atoms. The fraction of sp³-hybridized carbons (Fsp3) is 0.381. The summed E-state index contributed by atoms with van der Waals surface area (Å²) in [5.41, 5.74) is 0.663. The summed E-state index contributed by atoms with van der Waals surface area (Å²) in [6.07, 6.45) is 2.49. The van der Waals surface area contributed by atoms with E-state index in [1.807, 2.05) is 0 Å². The van der Waals surface area contributed by atoms with E-state index in [1.165, 1.54) is 30.3 Å². The molecule has 1 fully saturated rings. The summed E-state index contributed by atoms with van der Waals surface area (Å²) in [5.74, 6) is -1.36. The van der Waals surface area contributed by atoms with Gasteiger partial charge in [0.1, 0.15) is 11.6 Å². The van der Waals surface area contributed by atoms with Crippen LogP contribution in [0.4, 0.5) is 8.78 Å². The van der Waals surface area contributed by atoms with Gasteiger partial charge in [-0.05, 0) is 55.5 Å². The summed E-state index contributed by atoms with van der Waals surface area (Å²) >= 11 is 0. The maximum Gasteiger partial charge on any atom is 0.240 e. The topological polar surface area (TPSA) is 66.5 Å². The molecule has 29 heavy (non-hydrogen) atoms. The van der Waals surface area contributed by atoms with E-state index in [0.717, 1.165) is 12.1 Å². The van der Waals surface area contributed by atoms with Crippen LogP contribution in [0.15, 0.2) is 47.4 Å². The number of halogens is 2. The Kier molecular flexibility index (Phi) is 6.33. The standard InChI is InChI=1S/C21H24F2N2O3S/c1-25(2)21(26)15-3-8-17(9-4-15)24-29(27,28)18-10-5-14(6-11-18)19-12-7-16(22)13-20(19)23/h5-7,10-13,15,17,24H,3-4,8-9H2,1-2H3/t15-,17+. The fourth-order valence-corrected chi connectivity index (χ4v) is 4.95. The highest BCUT2D eigenvalue weighted by Gasteiger charge is 2.29. The molecule has 1 aliphatic carbocycles. The van der Waals surface area contributed by atoms with Gasteiger partial charge in [-0.2, -0.15) is 0 Å². The van der Waals surface area contributed by atoms with E-state index in [0.29, 0.717) is 31.2 Å². The summed E-state index contributed by atoms with van der Waals surface area (Å²) in [5, 5.41) is 0. The molecular weight excluding hydrogens is 398 g/mol. The Morgan fingerprint density at radius 2 is 1.62 bits per heavy atom. The molecule has 156 valence electrons. The van der Waals surface area contributed by atoms with Crippen molar-refractivity contribution in [1.29, 1.82) is 0 Å². The van der Waals surface area contributed by atoms with Gasteiger partial charge in [0.25, 0.3) is 0 Å². The third kappa shape index (κ3) is 5.00. The molecule has 0 heterocycles. The van der Waals surface area contributed by atoms with Gasteiger partial charge in [-0.25, -0.2) is 21.9 Å². The minimum absolute atomic E-state index is 0.0596. The number of nitrogens with one attached hydrogen (secondary N) is 1. The highest BCUT2D eigenvalue weighted by Crippen LogP contribution is 2.28. The number of hydrogen-bond donors (Lipinski definition) is 1. The molecule has 0 unspecified atom stereocenters. The number of sulfonamides is 1. The number of amides is 1. The maximum absolute atomic E-state index is 13.9. The SMILES string of the molecule is CN(C)C(=O)[C@H]1CC[C@@H](NS(=O)(=O)c2ccc(-c3ccc(F)cc3F)cc2)CC1. The molecule has 0 radical (unpaired) electrons. The van der Waals surface area contributed by atoms with E-state index in [-0.39, 0.29) is 28.3 Å². The Balaban J connectivity index is 1.67. The fourth-order valence-electron chi connectivity index (χ4n) is 3.65. The van der Waals surface area contributed by atoms with Gasteiger partial charge < -0.3 is 4.90 Å². The van der Waals surface area contributed by atoms with Gasteiger partial charge in [0.05, 0.1) is 4.90 Å². The van der Waals surface area contributed by atoms with Crippen LogP contribution in [0, 0.1) is 17.6 Å². The van der Waals surface area contributed by atoms with E-state index in [2.05, 4.69) is 4.72 Å². The van der Waals surface area contributed by atoms with Crippen molar-refractivity contribution >= 4 is 15.9 Å². The Hall–Kier alpha value is -2.32. The van der Waals surface area contributed by atoms with Crippen molar-refractivity contribution in [2.24, 2.45) is 5.92 Å². The van der Waals surface area contributed by atoms with Crippen LogP contribution in [0.25, 0.3) is 11.1 Å². The first kappa shape index (κ1) is 21.4. The monoisotopic (exact) mass is 422 g/mol. The molecule has 1 aliphatic rings. The predicted octanol–water partition coefficient (Wildman–Crippen LogP) is 3.56. The second kappa shape index (κ2) is 8.59. The number of carbonyl (C=O) groups is 1. The largest absolute Gasteiger partial charge is 0.349 e. The van der Waals surface area contributed by atoms with E-state index >= 15 is 0 Å². The summed E-state index contributed by atoms with van der Waals surface area (Å²) in [6, 6.07) is 8.85. The minimum atomic E-state index is -3.73. The van der Waals surface area contributed by atoms with Gasteiger partial charge in [-0.1, -0.05) is 12.1 Å². The van der Waals surface area contributed by atoms with Gasteiger partial charge in [0.2, 0.25) is 15.9 Å². The van der Waals surface area contributed by atoms with Gasteiger partial charge >= 0.3 is 0 Å². The van der Waals surface area contributed by atoms with Crippen molar-refractivity contribution in [3.63, 3.8) is 0 Å². The highest BCUT2D eigenvalue weighted by molar-refractivity contribution is 7.89. The Morgan fingerprint density at radius 1 is 1.00 bits per heavy atom. The van der Waals surface area contributed by atoms with Crippen molar-refractivity contribution in [2.75, 3.05) is 14.1 Å². The lowest BCUT2D eigenvalue weighted by molar-refractivity contribution is -0.134. The van der Waals surface area contributed by atoms with Crippen LogP contribution in [0.2, 0.25) is 0 Å². The number of rotatable bonds is 5. The van der Waals surface area contributed by atoms with Crippen molar-refractivity contribution in [3.05, 3.63) is 54.1 Å². The summed E-state index contributed by atoms with van der Waals surface area (Å²) in [6.45, 7) is 0. The second-order valence-electron chi connectivity index (χ2n) is 7.55. The molecular formula is C21H24F2N2O3S. The number of carbonyl (C=O) groups excluding carboxylic acids is 1. The van der Waals surface area contributed by atoms with Crippen molar-refractivity contribution in [3.8, 4) is 11.1 Å². The first-order chi connectivity index (χ1) is 13.7. The smallest absolute Gasteiger partial charge is 0.240 e. The normalized spacial score (nSPS) is 19.7. The molecule has 0 bridgehead atoms. The molecule has 1 N–H and O–H groups in total. The Morgan fingerprint density at radius 3 is 2.17 bits per heavy atom. The molecule has 8 heteroatoms. The molecule has 1 saturated carbocycles. The van der Waals surface area contributed by atoms with Gasteiger partial charge in [-0.3, -0.25) is 4.79 Å². The van der Waals surface area contributed by atoms with E-state index in [4.69, 9.17) is 0 Å². The highest BCUT2D eigenvalue weighted by atomic mass is 32.2. The van der Waals surface area contributed by atoms with Crippen LogP contribution in [-0.2, 0) is 14.8 Å². The Labute approximate surface area is 169 Å². The lowest BCUT2D eigenvalue weighted by Crippen LogP contribution is -2.40. The summed E-state index contributed by atoms with van der Waals surface area (Å²) in [4.78, 5) is 13.7. The zero-order valence-corrected chi connectivity index (χ0v) is 17.2. The van der Waals surface area contributed by atoms with Crippen molar-refractivity contribution in [1.82, 2.24) is 9.62 Å². The average molecular weight is 422 g/mol. The third-order valence-corrected chi connectivity index (χ3v) is 6.78. The molecule has 0 saturated heterocycles. The van der Waals surface area contributed by atoms with Gasteiger partial charge in [0, 0.05) is 37.7 Å². The molecule has 1 amide bonds. The molecule has 0 aromatic heterocycles. The maximum atomic E-state index is 13.9. The second-order valence-corrected chi connectivity index (χ2v) is 9.27. The molecule has 5 nitrogen and oxygen atoms in total. The number of nitrogens with zero attached hydrogens (tertiary/aromatic N) is 1. The van der Waals surface area contributed by atoms with Crippen LogP contribution < -0.4 is 4.72 Å². The molecule has 3 rings (SSSR count). The lowest BCUT2D eigenvalue weighted by Gasteiger charge is -2.29. The summed E-state index contributed by atoms with van der Waals surface area (Å²) < 4.78 is 55.0. The lowest BCUT2D eigenvalue weighted by atomic mass is 9.86. The molecule has 0 aliphatic heterocycles. The van der Waals surface area contributed by atoms with Gasteiger partial charge in [0.15, 0.2) is 0 Å². The zero-order chi connectivity index (χ0) is 21.2. The van der Waals surface area contributed by atoms with Crippen molar-refractivity contribution < 1.29 is 22.0 Å². The first-order valence-corrected chi connectivity index (χ1v) is 10.9. The van der Waals surface area contributed by atoms with E-state index in [9.17, 15) is 22.0 Å². The number of benzene rings is 2. The average Bonchev–Trinajstić information content (AvgIpc) is 2.68.